The molecule has 1 N–H and O–H groups in total. The molecule has 1 heterocycles. The van der Waals surface area contributed by atoms with Gasteiger partial charge in [0.25, 0.3) is 10.0 Å². The van der Waals surface area contributed by atoms with Crippen LogP contribution in [0.2, 0.25) is 0 Å². The van der Waals surface area contributed by atoms with Crippen LogP contribution in [0.3, 0.4) is 0 Å². The Kier molecular flexibility index (Phi) is 4.02. The van der Waals surface area contributed by atoms with Gasteiger partial charge in [0, 0.05) is 12.5 Å². The van der Waals surface area contributed by atoms with Crippen molar-refractivity contribution in [2.75, 3.05) is 11.3 Å². The summed E-state index contributed by atoms with van der Waals surface area (Å²) in [5.41, 5.74) is 0. The van der Waals surface area contributed by atoms with Gasteiger partial charge in [0.2, 0.25) is 5.89 Å². The molecule has 1 aromatic carbocycles. The van der Waals surface area contributed by atoms with Gasteiger partial charge in [-0.1, -0.05) is 11.2 Å². The van der Waals surface area contributed by atoms with Crippen molar-refractivity contribution in [3.63, 3.8) is 0 Å². The van der Waals surface area contributed by atoms with Crippen LogP contribution in [0.25, 0.3) is 0 Å². The highest BCUT2D eigenvalue weighted by atomic mass is 32.2. The van der Waals surface area contributed by atoms with E-state index in [9.17, 15) is 8.42 Å². The van der Waals surface area contributed by atoms with Crippen molar-refractivity contribution in [2.45, 2.75) is 31.1 Å². The lowest BCUT2D eigenvalue weighted by Crippen LogP contribution is -2.13. The van der Waals surface area contributed by atoms with Gasteiger partial charge < -0.3 is 9.15 Å². The molecule has 1 fully saturated rings. The van der Waals surface area contributed by atoms with Crippen LogP contribution in [-0.2, 0) is 16.4 Å². The van der Waals surface area contributed by atoms with Gasteiger partial charge in [-0.3, -0.25) is 0 Å². The van der Waals surface area contributed by atoms with E-state index in [1.54, 1.807) is 12.1 Å². The quantitative estimate of drug-likeness (QED) is 0.839. The number of nitrogens with zero attached hydrogens (tertiary/aromatic N) is 2. The van der Waals surface area contributed by atoms with Crippen LogP contribution < -0.4 is 9.46 Å². The van der Waals surface area contributed by atoms with Crippen LogP contribution in [-0.4, -0.2) is 25.2 Å². The second kappa shape index (κ2) is 5.96. The molecule has 8 heteroatoms. The minimum absolute atomic E-state index is 0.0837. The Morgan fingerprint density at radius 2 is 2.18 bits per heavy atom. The highest BCUT2D eigenvalue weighted by Gasteiger charge is 2.25. The third-order valence-corrected chi connectivity index (χ3v) is 4.59. The average molecular weight is 323 g/mol. The van der Waals surface area contributed by atoms with E-state index in [1.165, 1.54) is 12.1 Å². The van der Waals surface area contributed by atoms with Gasteiger partial charge >= 0.3 is 6.01 Å². The van der Waals surface area contributed by atoms with Gasteiger partial charge in [0.15, 0.2) is 0 Å². The van der Waals surface area contributed by atoms with E-state index in [0.29, 0.717) is 30.6 Å². The summed E-state index contributed by atoms with van der Waals surface area (Å²) < 4.78 is 37.5. The van der Waals surface area contributed by atoms with Gasteiger partial charge in [0.1, 0.15) is 5.75 Å². The molecule has 7 nitrogen and oxygen atoms in total. The van der Waals surface area contributed by atoms with Crippen molar-refractivity contribution >= 4 is 16.0 Å². The van der Waals surface area contributed by atoms with Gasteiger partial charge in [-0.2, -0.15) is 0 Å². The van der Waals surface area contributed by atoms with Crippen LogP contribution in [0.4, 0.5) is 6.01 Å². The second-order valence-electron chi connectivity index (χ2n) is 5.16. The van der Waals surface area contributed by atoms with E-state index in [1.807, 2.05) is 6.92 Å². The van der Waals surface area contributed by atoms with Crippen LogP contribution in [0, 0.1) is 5.92 Å². The predicted octanol–water partition coefficient (Wildman–Crippen LogP) is 2.22. The first kappa shape index (κ1) is 14.8. The Hall–Kier alpha value is -2.09. The van der Waals surface area contributed by atoms with Gasteiger partial charge in [-0.25, -0.2) is 13.1 Å². The lowest BCUT2D eigenvalue weighted by Gasteiger charge is -2.07. The van der Waals surface area contributed by atoms with E-state index in [-0.39, 0.29) is 10.9 Å². The maximum atomic E-state index is 12.3. The number of aromatic nitrogens is 2. The fourth-order valence-corrected chi connectivity index (χ4v) is 2.98. The summed E-state index contributed by atoms with van der Waals surface area (Å²) in [5, 5.41) is 7.58. The van der Waals surface area contributed by atoms with E-state index in [2.05, 4.69) is 14.9 Å². The number of hydrogen-bond donors (Lipinski definition) is 1. The van der Waals surface area contributed by atoms with E-state index < -0.39 is 10.0 Å². The van der Waals surface area contributed by atoms with Crippen LogP contribution in [0.5, 0.6) is 5.75 Å². The zero-order valence-corrected chi connectivity index (χ0v) is 13.0. The second-order valence-corrected chi connectivity index (χ2v) is 6.84. The Balaban J connectivity index is 1.74. The summed E-state index contributed by atoms with van der Waals surface area (Å²) in [5.74, 6) is 1.54. The number of anilines is 1. The van der Waals surface area contributed by atoms with E-state index in [0.717, 1.165) is 12.8 Å². The maximum Gasteiger partial charge on any atom is 0.329 e. The number of sulfonamides is 1. The number of rotatable bonds is 7. The molecule has 0 amide bonds. The monoisotopic (exact) mass is 323 g/mol. The van der Waals surface area contributed by atoms with E-state index in [4.69, 9.17) is 9.15 Å². The van der Waals surface area contributed by atoms with Gasteiger partial charge in [-0.15, -0.1) is 5.10 Å². The average Bonchev–Trinajstić information content (AvgIpc) is 3.19. The topological polar surface area (TPSA) is 94.3 Å². The van der Waals surface area contributed by atoms with Gasteiger partial charge in [0.05, 0.1) is 11.5 Å². The van der Waals surface area contributed by atoms with Gasteiger partial charge in [-0.05, 0) is 37.8 Å². The number of hydrogen-bond acceptors (Lipinski definition) is 6. The summed E-state index contributed by atoms with van der Waals surface area (Å²) in [4.78, 5) is 0.0837. The third kappa shape index (κ3) is 3.56. The minimum Gasteiger partial charge on any atom is -0.494 e. The fourth-order valence-electron chi connectivity index (χ4n) is 2.02. The molecule has 1 aliphatic carbocycles. The van der Waals surface area contributed by atoms with E-state index >= 15 is 0 Å². The predicted molar refractivity (Wildman–Crippen MR) is 79.1 cm³/mol. The largest absolute Gasteiger partial charge is 0.494 e. The first-order valence-electron chi connectivity index (χ1n) is 7.15. The summed E-state index contributed by atoms with van der Waals surface area (Å²) in [6.45, 7) is 2.30. The minimum atomic E-state index is -3.78. The lowest BCUT2D eigenvalue weighted by molar-refractivity contribution is 0.339. The Morgan fingerprint density at radius 1 is 1.36 bits per heavy atom. The normalized spacial score (nSPS) is 14.8. The lowest BCUT2D eigenvalue weighted by atomic mass is 10.3. The Bertz CT molecular complexity index is 753. The zero-order valence-electron chi connectivity index (χ0n) is 12.2. The molecule has 1 aromatic heterocycles. The molecular formula is C14H17N3O4S. The molecular weight excluding hydrogens is 306 g/mol. The molecule has 0 saturated heterocycles. The number of ether oxygens (including phenoxy) is 1. The Labute approximate surface area is 128 Å². The molecule has 1 aliphatic rings. The molecule has 0 aliphatic heterocycles. The van der Waals surface area contributed by atoms with Crippen molar-refractivity contribution in [3.05, 3.63) is 30.2 Å². The zero-order chi connectivity index (χ0) is 15.6. The maximum absolute atomic E-state index is 12.3. The molecule has 2 aromatic rings. The van der Waals surface area contributed by atoms with Crippen molar-refractivity contribution in [2.24, 2.45) is 5.92 Å². The third-order valence-electron chi connectivity index (χ3n) is 3.28. The molecule has 1 saturated carbocycles. The smallest absolute Gasteiger partial charge is 0.329 e. The summed E-state index contributed by atoms with van der Waals surface area (Å²) in [6, 6.07) is 6.13. The molecule has 0 radical (unpaired) electrons. The number of benzene rings is 1. The molecule has 0 spiro atoms. The molecule has 118 valence electrons. The van der Waals surface area contributed by atoms with Crippen LogP contribution >= 0.6 is 0 Å². The van der Waals surface area contributed by atoms with Crippen molar-refractivity contribution < 1.29 is 17.6 Å². The highest BCUT2D eigenvalue weighted by molar-refractivity contribution is 7.92. The van der Waals surface area contributed by atoms with Crippen LogP contribution in [0.1, 0.15) is 25.7 Å². The molecule has 0 unspecified atom stereocenters. The van der Waals surface area contributed by atoms with Crippen molar-refractivity contribution in [1.82, 2.24) is 10.2 Å². The first-order valence-corrected chi connectivity index (χ1v) is 8.63. The highest BCUT2D eigenvalue weighted by Crippen LogP contribution is 2.32. The van der Waals surface area contributed by atoms with Crippen molar-refractivity contribution in [3.8, 4) is 5.75 Å². The summed E-state index contributed by atoms with van der Waals surface area (Å²) >= 11 is 0. The number of nitrogens with one attached hydrogen (secondary N) is 1. The molecule has 0 bridgehead atoms. The van der Waals surface area contributed by atoms with Crippen LogP contribution in [0.15, 0.2) is 33.6 Å². The SMILES string of the molecule is CCOc1cccc(S(=O)(=O)Nc2nnc(CC3CC3)o2)c1. The first-order chi connectivity index (χ1) is 10.6. The fraction of sp³-hybridized carbons (Fsp3) is 0.429. The Morgan fingerprint density at radius 3 is 2.91 bits per heavy atom. The molecule has 3 rings (SSSR count). The summed E-state index contributed by atoms with van der Waals surface area (Å²) in [7, 11) is -3.78. The molecule has 0 atom stereocenters. The van der Waals surface area contributed by atoms with Crippen molar-refractivity contribution in [1.29, 1.82) is 0 Å². The summed E-state index contributed by atoms with van der Waals surface area (Å²) in [6.07, 6.45) is 3.02. The standard InChI is InChI=1S/C14H17N3O4S/c1-2-20-11-4-3-5-12(9-11)22(18,19)17-14-16-15-13(21-14)8-10-6-7-10/h3-5,9-10H,2,6-8H2,1H3,(H,16,17). The molecule has 22 heavy (non-hydrogen) atoms.